The lowest BCUT2D eigenvalue weighted by molar-refractivity contribution is 0.0976. The van der Waals surface area contributed by atoms with E-state index in [1.54, 1.807) is 6.20 Å². The predicted molar refractivity (Wildman–Crippen MR) is 112 cm³/mol. The second-order valence-corrected chi connectivity index (χ2v) is 7.39. The molecule has 142 valence electrons. The van der Waals surface area contributed by atoms with Gasteiger partial charge in [0.2, 0.25) is 0 Å². The Balaban J connectivity index is 1.40. The van der Waals surface area contributed by atoms with Crippen molar-refractivity contribution in [2.75, 3.05) is 16.8 Å². The summed E-state index contributed by atoms with van der Waals surface area (Å²) in [5, 5.41) is 3.97. The molecule has 1 N–H and O–H groups in total. The lowest BCUT2D eigenvalue weighted by Gasteiger charge is -2.22. The van der Waals surface area contributed by atoms with Crippen molar-refractivity contribution in [3.8, 4) is 0 Å². The van der Waals surface area contributed by atoms with Gasteiger partial charge in [-0.15, -0.1) is 0 Å². The first-order valence-electron chi connectivity index (χ1n) is 9.33. The number of benzene rings is 2. The fourth-order valence-corrected chi connectivity index (χ4v) is 3.77. The van der Waals surface area contributed by atoms with Crippen LogP contribution < -0.4 is 10.2 Å². The summed E-state index contributed by atoms with van der Waals surface area (Å²) in [6, 6.07) is 15.9. The van der Waals surface area contributed by atoms with Crippen LogP contribution in [0.15, 0.2) is 60.9 Å². The molecule has 2 heterocycles. The Morgan fingerprint density at radius 2 is 2.04 bits per heavy atom. The molecule has 0 spiro atoms. The first-order chi connectivity index (χ1) is 13.6. The highest BCUT2D eigenvalue weighted by molar-refractivity contribution is 6.30. The van der Waals surface area contributed by atoms with E-state index in [9.17, 15) is 4.79 Å². The maximum absolute atomic E-state index is 13.0. The summed E-state index contributed by atoms with van der Waals surface area (Å²) < 4.78 is 0. The van der Waals surface area contributed by atoms with Crippen LogP contribution in [0, 0.1) is 0 Å². The largest absolute Gasteiger partial charge is 0.368 e. The van der Waals surface area contributed by atoms with Crippen molar-refractivity contribution in [3.05, 3.63) is 82.8 Å². The number of anilines is 2. The monoisotopic (exact) mass is 392 g/mol. The molecule has 1 aromatic heterocycles. The van der Waals surface area contributed by atoms with Crippen molar-refractivity contribution in [3.63, 3.8) is 0 Å². The molecule has 1 aliphatic rings. The van der Waals surface area contributed by atoms with Gasteiger partial charge in [0.25, 0.3) is 5.91 Å². The summed E-state index contributed by atoms with van der Waals surface area (Å²) in [7, 11) is 0. The van der Waals surface area contributed by atoms with Crippen LogP contribution in [0.4, 0.5) is 11.5 Å². The average Bonchev–Trinajstić information content (AvgIpc) is 3.04. The van der Waals surface area contributed by atoms with Gasteiger partial charge in [0.15, 0.2) is 0 Å². The van der Waals surface area contributed by atoms with Gasteiger partial charge in [-0.2, -0.15) is 0 Å². The molecule has 1 unspecified atom stereocenters. The van der Waals surface area contributed by atoms with Crippen LogP contribution in [0.1, 0.15) is 28.5 Å². The summed E-state index contributed by atoms with van der Waals surface area (Å²) in [6.45, 7) is 2.76. The van der Waals surface area contributed by atoms with Crippen LogP contribution in [0.3, 0.4) is 0 Å². The van der Waals surface area contributed by atoms with Crippen LogP contribution in [0.2, 0.25) is 5.02 Å². The summed E-state index contributed by atoms with van der Waals surface area (Å²) >= 11 is 6.00. The topological polar surface area (TPSA) is 58.1 Å². The molecule has 28 heavy (non-hydrogen) atoms. The van der Waals surface area contributed by atoms with Gasteiger partial charge in [-0.05, 0) is 49.1 Å². The molecule has 2 aromatic carbocycles. The Kier molecular flexibility index (Phi) is 5.26. The fraction of sp³-hybridized carbons (Fsp3) is 0.227. The second-order valence-electron chi connectivity index (χ2n) is 6.95. The first kappa shape index (κ1) is 18.4. The number of rotatable bonds is 5. The SMILES string of the molecule is CC1Cc2ccccc2N1C(=O)c1cnc(NCCc2cccc(Cl)c2)cn1. The molecule has 6 heteroatoms. The molecule has 0 saturated carbocycles. The molecule has 5 nitrogen and oxygen atoms in total. The lowest BCUT2D eigenvalue weighted by atomic mass is 10.1. The number of para-hydroxylation sites is 1. The summed E-state index contributed by atoms with van der Waals surface area (Å²) in [5.41, 5.74) is 3.66. The number of carbonyl (C=O) groups excluding carboxylic acids is 1. The zero-order valence-electron chi connectivity index (χ0n) is 15.6. The Hall–Kier alpha value is -2.92. The van der Waals surface area contributed by atoms with Gasteiger partial charge >= 0.3 is 0 Å². The highest BCUT2D eigenvalue weighted by Crippen LogP contribution is 2.32. The molecule has 0 saturated heterocycles. The molecule has 0 radical (unpaired) electrons. The number of carbonyl (C=O) groups is 1. The average molecular weight is 393 g/mol. The number of hydrogen-bond donors (Lipinski definition) is 1. The quantitative estimate of drug-likeness (QED) is 0.700. The van der Waals surface area contributed by atoms with Gasteiger partial charge in [0.1, 0.15) is 11.5 Å². The standard InChI is InChI=1S/C22H21ClN4O/c1-15-11-17-6-2-3-8-20(17)27(15)22(28)19-13-26-21(14-25-19)24-10-9-16-5-4-7-18(23)12-16/h2-8,12-15H,9-11H2,1H3,(H,24,26). The van der Waals surface area contributed by atoms with Gasteiger partial charge in [-0.1, -0.05) is 41.9 Å². The predicted octanol–water partition coefficient (Wildman–Crippen LogP) is 4.38. The molecular formula is C22H21ClN4O. The third-order valence-corrected chi connectivity index (χ3v) is 5.14. The summed E-state index contributed by atoms with van der Waals surface area (Å²) in [6.07, 6.45) is 4.83. The highest BCUT2D eigenvalue weighted by Gasteiger charge is 2.31. The number of halogens is 1. The minimum Gasteiger partial charge on any atom is -0.368 e. The van der Waals surface area contributed by atoms with Gasteiger partial charge in [-0.25, -0.2) is 9.97 Å². The van der Waals surface area contributed by atoms with E-state index < -0.39 is 0 Å². The van der Waals surface area contributed by atoms with E-state index in [4.69, 9.17) is 11.6 Å². The third kappa shape index (κ3) is 3.85. The second kappa shape index (κ2) is 7.98. The number of nitrogens with one attached hydrogen (secondary N) is 1. The Bertz CT molecular complexity index is 990. The number of amides is 1. The van der Waals surface area contributed by atoms with Crippen LogP contribution >= 0.6 is 11.6 Å². The van der Waals surface area contributed by atoms with Gasteiger partial charge in [-0.3, -0.25) is 4.79 Å². The molecule has 4 rings (SSSR count). The molecule has 0 bridgehead atoms. The van der Waals surface area contributed by atoms with Gasteiger partial charge in [0.05, 0.1) is 12.4 Å². The van der Waals surface area contributed by atoms with E-state index in [0.717, 1.165) is 29.1 Å². The minimum atomic E-state index is -0.115. The van der Waals surface area contributed by atoms with Crippen LogP contribution in [0.5, 0.6) is 0 Å². The van der Waals surface area contributed by atoms with Crippen molar-refractivity contribution >= 4 is 29.0 Å². The van der Waals surface area contributed by atoms with Crippen LogP contribution in [0.25, 0.3) is 0 Å². The Morgan fingerprint density at radius 1 is 1.18 bits per heavy atom. The van der Waals surface area contributed by atoms with Crippen molar-refractivity contribution in [1.29, 1.82) is 0 Å². The summed E-state index contributed by atoms with van der Waals surface area (Å²) in [4.78, 5) is 23.5. The van der Waals surface area contributed by atoms with E-state index in [2.05, 4.69) is 28.3 Å². The lowest BCUT2D eigenvalue weighted by Crippen LogP contribution is -2.36. The van der Waals surface area contributed by atoms with Crippen molar-refractivity contribution in [2.24, 2.45) is 0 Å². The van der Waals surface area contributed by atoms with E-state index in [1.165, 1.54) is 11.8 Å². The molecule has 1 amide bonds. The molecule has 0 fully saturated rings. The Labute approximate surface area is 169 Å². The first-order valence-corrected chi connectivity index (χ1v) is 9.71. The fourth-order valence-electron chi connectivity index (χ4n) is 3.56. The molecule has 3 aromatic rings. The number of hydrogen-bond acceptors (Lipinski definition) is 4. The molecular weight excluding hydrogens is 372 g/mol. The number of fused-ring (bicyclic) bond motifs is 1. The highest BCUT2D eigenvalue weighted by atomic mass is 35.5. The van der Waals surface area contributed by atoms with E-state index in [-0.39, 0.29) is 11.9 Å². The third-order valence-electron chi connectivity index (χ3n) is 4.91. The summed E-state index contributed by atoms with van der Waals surface area (Å²) in [5.74, 6) is 0.531. The van der Waals surface area contributed by atoms with Crippen LogP contribution in [-0.2, 0) is 12.8 Å². The van der Waals surface area contributed by atoms with E-state index >= 15 is 0 Å². The van der Waals surface area contributed by atoms with Gasteiger partial charge in [0, 0.05) is 23.3 Å². The maximum atomic E-state index is 13.0. The number of aromatic nitrogens is 2. The zero-order valence-corrected chi connectivity index (χ0v) is 16.4. The van der Waals surface area contributed by atoms with Gasteiger partial charge < -0.3 is 10.2 Å². The van der Waals surface area contributed by atoms with E-state index in [1.807, 2.05) is 47.4 Å². The maximum Gasteiger partial charge on any atom is 0.278 e. The van der Waals surface area contributed by atoms with E-state index in [0.29, 0.717) is 18.1 Å². The van der Waals surface area contributed by atoms with Crippen molar-refractivity contribution in [2.45, 2.75) is 25.8 Å². The van der Waals surface area contributed by atoms with Crippen molar-refractivity contribution < 1.29 is 4.79 Å². The normalized spacial score (nSPS) is 15.4. The smallest absolute Gasteiger partial charge is 0.278 e. The molecule has 0 aliphatic carbocycles. The molecule has 1 aliphatic heterocycles. The van der Waals surface area contributed by atoms with Crippen LogP contribution in [-0.4, -0.2) is 28.5 Å². The zero-order chi connectivity index (χ0) is 19.5. The number of nitrogens with zero attached hydrogens (tertiary/aromatic N) is 3. The van der Waals surface area contributed by atoms with Crippen molar-refractivity contribution in [1.82, 2.24) is 9.97 Å². The Morgan fingerprint density at radius 3 is 2.82 bits per heavy atom. The minimum absolute atomic E-state index is 0.113. The molecule has 1 atom stereocenters.